The van der Waals surface area contributed by atoms with Gasteiger partial charge in [0.25, 0.3) is 0 Å². The van der Waals surface area contributed by atoms with Gasteiger partial charge in [-0.15, -0.1) is 56.2 Å². The molecule has 0 N–H and O–H groups in total. The predicted molar refractivity (Wildman–Crippen MR) is 448 cm³/mol. The molecule has 0 bridgehead atoms. The van der Waals surface area contributed by atoms with Crippen molar-refractivity contribution in [3.63, 3.8) is 0 Å². The Kier molecular flexibility index (Phi) is 14.6. The molecule has 12 aliphatic heterocycles. The summed E-state index contributed by atoms with van der Waals surface area (Å²) in [6.07, 6.45) is 60.6. The smallest absolute Gasteiger partial charge is 0.124 e. The maximum absolute atomic E-state index is 2.60. The maximum Gasteiger partial charge on any atom is 0.200 e. The summed E-state index contributed by atoms with van der Waals surface area (Å²) in [5, 5.41) is 0. The van der Waals surface area contributed by atoms with E-state index >= 15 is 0 Å². The molecule has 7 aliphatic carbocycles. The van der Waals surface area contributed by atoms with E-state index in [2.05, 4.69) is 253 Å². The van der Waals surface area contributed by atoms with E-state index in [0.29, 0.717) is 37.9 Å². The second kappa shape index (κ2) is 24.6. The van der Waals surface area contributed by atoms with Crippen molar-refractivity contribution in [1.82, 2.24) is 28.1 Å². The van der Waals surface area contributed by atoms with E-state index in [1.807, 2.05) is 0 Å². The molecule has 31 rings (SSSR count). The molecular formula is C104H116N12+6. The summed E-state index contributed by atoms with van der Waals surface area (Å²) in [6.45, 7) is 11.3. The molecule has 7 saturated carbocycles. The van der Waals surface area contributed by atoms with Gasteiger partial charge in [0.2, 0.25) is 0 Å². The molecule has 12 heteroatoms. The van der Waals surface area contributed by atoms with E-state index in [0.717, 1.165) is 39.3 Å². The Balaban J connectivity index is 0.0000000763. The molecule has 6 aromatic carbocycles. The van der Waals surface area contributed by atoms with E-state index in [1.165, 1.54) is 292 Å². The number of aromatic nitrogens is 12. The van der Waals surface area contributed by atoms with E-state index in [4.69, 9.17) is 0 Å². The summed E-state index contributed by atoms with van der Waals surface area (Å²) >= 11 is 0. The van der Waals surface area contributed by atoms with Crippen LogP contribution in [0, 0.1) is 0 Å². The fraction of sp³-hybridized carbons (Fsp3) is 0.481. The first kappa shape index (κ1) is 68.6. The molecule has 2 atom stereocenters. The highest BCUT2D eigenvalue weighted by molar-refractivity contribution is 5.63. The monoisotopic (exact) mass is 1530 g/mol. The van der Waals surface area contributed by atoms with Gasteiger partial charge in [0.1, 0.15) is 34.1 Å². The number of nitrogens with zero attached hydrogens (tertiary/aromatic N) is 12. The van der Waals surface area contributed by atoms with Crippen LogP contribution in [0.3, 0.4) is 0 Å². The average Bonchev–Trinajstić information content (AvgIpc) is 1.46. The first-order valence-corrected chi connectivity index (χ1v) is 46.4. The third kappa shape index (κ3) is 9.08. The molecule has 0 saturated heterocycles. The SMILES string of the molecule is CC12CCCCC1(C)c1cc[n+]3n1-c1c(cccc12)C3.c1cc2c3c(c1)C1(CCCC1)C1(CCCC1)c1cc[n+](n1-3)C2.c1cc2c3c(c1)C1(CCCC1)Cc1cc[n+](n1-3)C2.c1cc2c3c(c1)C1(CCCCC1)Cc1cc[n+](n1-3)C2.c1cc2c3c(c1)CC1(CCCC1)c1cc[n+](n1-3)C2.c1cc2c3c(c1)CC1(CCCCC1)c1cc[n+](n1-3)C2. The average molecular weight is 1530 g/mol. The normalized spacial score (nSPS) is 24.3. The van der Waals surface area contributed by atoms with Crippen molar-refractivity contribution in [2.45, 2.75) is 315 Å². The van der Waals surface area contributed by atoms with Gasteiger partial charge >= 0.3 is 0 Å². The molecule has 7 fully saturated rings. The second-order valence-corrected chi connectivity index (χ2v) is 40.8. The number of para-hydroxylation sites is 6. The van der Waals surface area contributed by atoms with Gasteiger partial charge in [0, 0.05) is 126 Å². The van der Waals surface area contributed by atoms with Crippen molar-refractivity contribution in [1.29, 1.82) is 0 Å². The van der Waals surface area contributed by atoms with Crippen LogP contribution in [0.15, 0.2) is 183 Å². The summed E-state index contributed by atoms with van der Waals surface area (Å²) in [4.78, 5) is 0. The molecule has 12 aromatic rings. The maximum atomic E-state index is 2.60. The third-order valence-electron chi connectivity index (χ3n) is 35.5. The topological polar surface area (TPSA) is 52.9 Å². The zero-order valence-corrected chi connectivity index (χ0v) is 69.0. The highest BCUT2D eigenvalue weighted by Gasteiger charge is 2.63. The summed E-state index contributed by atoms with van der Waals surface area (Å²) in [6, 6.07) is 56.1. The number of fused-ring (bicyclic) bond motifs is 10. The summed E-state index contributed by atoms with van der Waals surface area (Å²) in [5.74, 6) is 0. The van der Waals surface area contributed by atoms with Crippen LogP contribution in [-0.2, 0) is 108 Å². The highest BCUT2D eigenvalue weighted by atomic mass is 15.5. The Labute approximate surface area is 684 Å². The lowest BCUT2D eigenvalue weighted by Crippen LogP contribution is -2.53. The molecule has 6 aromatic heterocycles. The van der Waals surface area contributed by atoms with Crippen molar-refractivity contribution in [3.8, 4) is 34.1 Å². The lowest BCUT2D eigenvalue weighted by molar-refractivity contribution is -0.752. The molecule has 586 valence electrons. The van der Waals surface area contributed by atoms with Crippen molar-refractivity contribution in [2.75, 3.05) is 0 Å². The molecule has 6 spiro atoms. The predicted octanol–water partition coefficient (Wildman–Crippen LogP) is 17.8. The first-order chi connectivity index (χ1) is 57.0. The Bertz CT molecular complexity index is 6100. The molecular weight excluding hydrogens is 1420 g/mol. The van der Waals surface area contributed by atoms with Gasteiger partial charge in [-0.2, -0.15) is 0 Å². The van der Waals surface area contributed by atoms with Crippen LogP contribution in [0.25, 0.3) is 34.1 Å². The van der Waals surface area contributed by atoms with Crippen LogP contribution in [-0.4, -0.2) is 28.1 Å². The van der Waals surface area contributed by atoms with Gasteiger partial charge in [-0.1, -0.05) is 226 Å². The Morgan fingerprint density at radius 3 is 0.966 bits per heavy atom. The van der Waals surface area contributed by atoms with Crippen LogP contribution in [0.5, 0.6) is 0 Å². The van der Waals surface area contributed by atoms with Crippen molar-refractivity contribution < 1.29 is 28.1 Å². The molecule has 2 unspecified atom stereocenters. The fourth-order valence-electron chi connectivity index (χ4n) is 30.2. The van der Waals surface area contributed by atoms with E-state index in [9.17, 15) is 0 Å². The summed E-state index contributed by atoms with van der Waals surface area (Å²) in [7, 11) is 0. The van der Waals surface area contributed by atoms with Crippen LogP contribution >= 0.6 is 0 Å². The molecule has 19 aliphatic rings. The summed E-state index contributed by atoms with van der Waals surface area (Å²) < 4.78 is 29.5. The van der Waals surface area contributed by atoms with Gasteiger partial charge in [0.15, 0.2) is 76.4 Å². The Morgan fingerprint density at radius 1 is 0.216 bits per heavy atom. The summed E-state index contributed by atoms with van der Waals surface area (Å²) in [5.41, 5.74) is 40.5. The van der Waals surface area contributed by atoms with Crippen LogP contribution in [0.4, 0.5) is 0 Å². The van der Waals surface area contributed by atoms with Crippen molar-refractivity contribution in [2.24, 2.45) is 0 Å². The number of rotatable bonds is 0. The van der Waals surface area contributed by atoms with E-state index in [1.54, 1.807) is 61.7 Å². The van der Waals surface area contributed by atoms with Crippen LogP contribution < -0.4 is 28.1 Å². The van der Waals surface area contributed by atoms with Gasteiger partial charge in [-0.25, -0.2) is 0 Å². The number of benzene rings is 6. The molecule has 0 radical (unpaired) electrons. The third-order valence-corrected chi connectivity index (χ3v) is 35.5. The van der Waals surface area contributed by atoms with Crippen molar-refractivity contribution in [3.05, 3.63) is 284 Å². The minimum Gasteiger partial charge on any atom is -0.124 e. The fourth-order valence-corrected chi connectivity index (χ4v) is 30.2. The van der Waals surface area contributed by atoms with E-state index in [-0.39, 0.29) is 5.41 Å². The highest BCUT2D eigenvalue weighted by Crippen LogP contribution is 2.66. The second-order valence-electron chi connectivity index (χ2n) is 40.8. The molecule has 116 heavy (non-hydrogen) atoms. The Hall–Kier alpha value is -9.42. The molecule has 12 nitrogen and oxygen atoms in total. The molecule has 0 amide bonds. The zero-order valence-electron chi connectivity index (χ0n) is 69.0. The minimum absolute atomic E-state index is 0.284. The van der Waals surface area contributed by atoms with Crippen molar-refractivity contribution >= 4 is 0 Å². The van der Waals surface area contributed by atoms with Gasteiger partial charge in [-0.05, 0) is 136 Å². The largest absolute Gasteiger partial charge is 0.200 e. The zero-order chi connectivity index (χ0) is 76.3. The van der Waals surface area contributed by atoms with E-state index < -0.39 is 0 Å². The van der Waals surface area contributed by atoms with Crippen LogP contribution in [0.1, 0.15) is 307 Å². The lowest BCUT2D eigenvalue weighted by atomic mass is 9.52. The Morgan fingerprint density at radius 2 is 0.509 bits per heavy atom. The minimum atomic E-state index is 0.284. The number of hydrogen-bond donors (Lipinski definition) is 0. The number of hydrogen-bond acceptors (Lipinski definition) is 0. The van der Waals surface area contributed by atoms with Crippen LogP contribution in [0.2, 0.25) is 0 Å². The quantitative estimate of drug-likeness (QED) is 0.136. The van der Waals surface area contributed by atoms with Gasteiger partial charge in [-0.3, -0.25) is 0 Å². The lowest BCUT2D eigenvalue weighted by Gasteiger charge is -2.52. The first-order valence-electron chi connectivity index (χ1n) is 46.4. The van der Waals surface area contributed by atoms with Gasteiger partial charge in [0.05, 0.1) is 34.2 Å². The standard InChI is InChI=1S/C20H23N2.C18H21N2.2C17H19N2.2C16H17N2/c1-2-10-19(9-1)16-7-5-6-15-14-21-13-8-17(22(21)18(15)16)20(19)11-3-4-12-20;1-17-9-3-4-10-18(17,2)15-8-11-19-12-13-6-5-7-14(17)16(13)20(15)19;1-2-8-17(9-3-1)11-14-7-10-18-12-13-5-4-6-15(17)16(13)19(14)18;1-2-8-17(9-3-1)11-13-5-4-6-14-12-18-10-7-15(17)19(18)16(13)14;1-2-8-16(7-1)10-13-6-9-17-11-12-4-3-5-14(16)15(12)18(13)17;1-2-8-16(7-1)10-12-4-3-5-13-11-17-9-6-14(16)18(17)15(12)13/h5-8,13H,1-4,9-12,14H2;5-8,11H,3-4,9-10,12H2,1-2H3;2*4-7,10H,1-3,8-9,11-12H2;2*3-6,9H,1-2,7-8,10-11H2/q6*+1. The molecule has 18 heterocycles. The van der Waals surface area contributed by atoms with Gasteiger partial charge < -0.3 is 0 Å².